The molecule has 5 unspecified atom stereocenters. The number of allylic oxidation sites excluding steroid dienone is 4. The lowest BCUT2D eigenvalue weighted by Crippen LogP contribution is -2.30. The largest absolute Gasteiger partial charge is 0.472 e. The quantitative estimate of drug-likeness (QED) is 0.0146. The summed E-state index contributed by atoms with van der Waals surface area (Å²) in [5.41, 5.74) is 0. The van der Waals surface area contributed by atoms with E-state index in [1.54, 1.807) is 0 Å². The Morgan fingerprint density at radius 2 is 0.627 bits per heavy atom. The maximum atomic E-state index is 12.8. The van der Waals surface area contributed by atoms with Crippen molar-refractivity contribution in [2.45, 2.75) is 283 Å². The summed E-state index contributed by atoms with van der Waals surface area (Å²) >= 11 is 0. The molecule has 0 aromatic carbocycles. The molecule has 16 nitrogen and oxygen atoms in total. The summed E-state index contributed by atoms with van der Waals surface area (Å²) in [6.07, 6.45) is 44.0. The fraction of sp³-hybridized carbons (Fsp3) is 0.877. The van der Waals surface area contributed by atoms with Crippen LogP contribution in [0.15, 0.2) is 24.3 Å². The number of ether oxygens (including phenoxy) is 3. The number of carbonyl (C=O) groups excluding carboxylic acids is 3. The minimum Gasteiger partial charge on any atom is -0.463 e. The molecule has 0 aromatic heterocycles. The fourth-order valence-electron chi connectivity index (χ4n) is 8.03. The van der Waals surface area contributed by atoms with E-state index < -0.39 is 91.5 Å². The summed E-state index contributed by atoms with van der Waals surface area (Å²) < 4.78 is 60.5. The van der Waals surface area contributed by atoms with E-state index in [9.17, 15) is 43.5 Å². The number of carbonyl (C=O) groups is 3. The van der Waals surface area contributed by atoms with Crippen LogP contribution in [0.5, 0.6) is 0 Å². The second kappa shape index (κ2) is 52.7. The van der Waals surface area contributed by atoms with Gasteiger partial charge in [0.2, 0.25) is 0 Å². The van der Waals surface area contributed by atoms with Gasteiger partial charge in [0.1, 0.15) is 25.4 Å². The van der Waals surface area contributed by atoms with Crippen molar-refractivity contribution in [1.82, 2.24) is 0 Å². The normalized spacial score (nSPS) is 14.7. The molecule has 0 rings (SSSR count). The van der Waals surface area contributed by atoms with Crippen molar-refractivity contribution >= 4 is 33.6 Å². The van der Waals surface area contributed by atoms with Crippen LogP contribution in [0.25, 0.3) is 0 Å². The monoisotopic (exact) mass is 1110 g/mol. The zero-order chi connectivity index (χ0) is 55.4. The Hall–Kier alpha value is -1.97. The summed E-state index contributed by atoms with van der Waals surface area (Å²) in [4.78, 5) is 57.9. The van der Waals surface area contributed by atoms with Crippen molar-refractivity contribution in [3.05, 3.63) is 24.3 Å². The van der Waals surface area contributed by atoms with Gasteiger partial charge >= 0.3 is 33.6 Å². The molecule has 0 amide bonds. The third kappa shape index (κ3) is 53.8. The Morgan fingerprint density at radius 3 is 0.987 bits per heavy atom. The molecule has 18 heteroatoms. The zero-order valence-corrected chi connectivity index (χ0v) is 49.0. The third-order valence-corrected chi connectivity index (χ3v) is 14.6. The molecule has 0 fully saturated rings. The van der Waals surface area contributed by atoms with Gasteiger partial charge in [0.15, 0.2) is 6.10 Å². The van der Waals surface area contributed by atoms with Gasteiger partial charge in [-0.1, -0.05) is 199 Å². The first-order valence-electron chi connectivity index (χ1n) is 29.6. The topological polar surface area (TPSA) is 231 Å². The van der Waals surface area contributed by atoms with Gasteiger partial charge in [-0.25, -0.2) is 9.13 Å². The highest BCUT2D eigenvalue weighted by Crippen LogP contribution is 2.45. The predicted molar refractivity (Wildman–Crippen MR) is 298 cm³/mol. The molecule has 5 atom stereocenters. The van der Waals surface area contributed by atoms with E-state index >= 15 is 0 Å². The maximum Gasteiger partial charge on any atom is 0.472 e. The minimum absolute atomic E-state index is 0.110. The van der Waals surface area contributed by atoms with Crippen LogP contribution in [-0.4, -0.2) is 95.9 Å². The van der Waals surface area contributed by atoms with Gasteiger partial charge in [-0.15, -0.1) is 0 Å². The number of aliphatic hydroxyl groups is 2. The summed E-state index contributed by atoms with van der Waals surface area (Å²) in [6, 6.07) is 0. The van der Waals surface area contributed by atoms with E-state index in [1.165, 1.54) is 103 Å². The van der Waals surface area contributed by atoms with E-state index in [0.717, 1.165) is 103 Å². The van der Waals surface area contributed by atoms with E-state index in [-0.39, 0.29) is 19.3 Å². The minimum atomic E-state index is -4.90. The van der Waals surface area contributed by atoms with E-state index in [4.69, 9.17) is 32.3 Å². The Balaban J connectivity index is 4.64. The molecule has 0 spiro atoms. The van der Waals surface area contributed by atoms with Gasteiger partial charge in [-0.05, 0) is 70.6 Å². The first-order valence-corrected chi connectivity index (χ1v) is 32.6. The molecule has 0 aliphatic carbocycles. The van der Waals surface area contributed by atoms with Crippen LogP contribution >= 0.6 is 15.6 Å². The number of phosphoric ester groups is 2. The van der Waals surface area contributed by atoms with E-state index in [0.29, 0.717) is 19.3 Å². The van der Waals surface area contributed by atoms with Crippen LogP contribution in [0.3, 0.4) is 0 Å². The second-order valence-electron chi connectivity index (χ2n) is 20.2. The number of aliphatic hydroxyl groups excluding tert-OH is 2. The van der Waals surface area contributed by atoms with Gasteiger partial charge in [-0.3, -0.25) is 32.5 Å². The molecule has 0 aliphatic heterocycles. The molecule has 0 radical (unpaired) electrons. The second-order valence-corrected chi connectivity index (χ2v) is 23.1. The summed E-state index contributed by atoms with van der Waals surface area (Å²) in [7, 11) is -9.74. The molecule has 0 saturated carbocycles. The number of hydrogen-bond acceptors (Lipinski definition) is 14. The average Bonchev–Trinajstić information content (AvgIpc) is 3.38. The first-order chi connectivity index (χ1) is 36.2. The Morgan fingerprint density at radius 1 is 0.360 bits per heavy atom. The molecule has 4 N–H and O–H groups in total. The van der Waals surface area contributed by atoms with Crippen LogP contribution in [-0.2, 0) is 55.8 Å². The SMILES string of the molecule is CCCCCC/C=C\CCCCCCCC(=O)OCC(COP(=O)(O)OCC(O)COP(=O)(O)OCC(O)COC(=O)CCCCCCC/C=C\CCCCCCCC)OC(=O)CCCCCCCCCCCCC. The van der Waals surface area contributed by atoms with Crippen LogP contribution < -0.4 is 0 Å². The van der Waals surface area contributed by atoms with Crippen LogP contribution in [0.2, 0.25) is 0 Å². The van der Waals surface area contributed by atoms with Crippen molar-refractivity contribution in [1.29, 1.82) is 0 Å². The smallest absolute Gasteiger partial charge is 0.463 e. The molecule has 0 bridgehead atoms. The van der Waals surface area contributed by atoms with Crippen LogP contribution in [0.1, 0.15) is 265 Å². The summed E-state index contributed by atoms with van der Waals surface area (Å²) in [5.74, 6) is -1.58. The number of rotatable bonds is 57. The van der Waals surface area contributed by atoms with Crippen molar-refractivity contribution in [3.63, 3.8) is 0 Å². The van der Waals surface area contributed by atoms with Gasteiger partial charge in [-0.2, -0.15) is 0 Å². The van der Waals surface area contributed by atoms with Gasteiger partial charge in [0.25, 0.3) is 0 Å². The van der Waals surface area contributed by atoms with Crippen molar-refractivity contribution in [3.8, 4) is 0 Å². The molecule has 75 heavy (non-hydrogen) atoms. The standard InChI is InChI=1S/C57H108O16P2/c1-4-7-10-13-16-19-22-24-25-27-30-31-34-37-40-43-55(60)67-46-52(58)47-69-74(63,64)70-48-53(59)49-71-75(65,66)72-51-54(73-57(62)45-42-39-36-33-28-21-18-15-12-9-6-3)50-68-56(61)44-41-38-35-32-29-26-23-20-17-14-11-8-5-2/h20,23-25,52-54,58-59H,4-19,21-22,26-51H2,1-3H3,(H,63,64)(H,65,66)/b23-20-,25-24-. The number of hydrogen-bond donors (Lipinski definition) is 4. The molecular weight excluding hydrogens is 1000 g/mol. The fourth-order valence-corrected chi connectivity index (χ4v) is 9.61. The van der Waals surface area contributed by atoms with Crippen molar-refractivity contribution < 1.29 is 75.8 Å². The third-order valence-electron chi connectivity index (χ3n) is 12.6. The highest BCUT2D eigenvalue weighted by atomic mass is 31.2. The molecule has 0 aliphatic rings. The van der Waals surface area contributed by atoms with Crippen LogP contribution in [0, 0.1) is 0 Å². The number of esters is 3. The molecule has 0 saturated heterocycles. The van der Waals surface area contributed by atoms with E-state index in [2.05, 4.69) is 45.1 Å². The zero-order valence-electron chi connectivity index (χ0n) is 47.2. The maximum absolute atomic E-state index is 12.8. The average molecular weight is 1110 g/mol. The Kier molecular flexibility index (Phi) is 51.3. The van der Waals surface area contributed by atoms with Gasteiger partial charge < -0.3 is 34.2 Å². The van der Waals surface area contributed by atoms with Crippen molar-refractivity contribution in [2.75, 3.05) is 39.6 Å². The number of unbranched alkanes of at least 4 members (excludes halogenated alkanes) is 30. The molecular formula is C57H108O16P2. The number of phosphoric acid groups is 2. The first kappa shape index (κ1) is 73.0. The molecule has 0 heterocycles. The van der Waals surface area contributed by atoms with Gasteiger partial charge in [0, 0.05) is 19.3 Å². The molecule has 0 aromatic rings. The Bertz CT molecular complexity index is 1500. The van der Waals surface area contributed by atoms with Crippen molar-refractivity contribution in [2.24, 2.45) is 0 Å². The lowest BCUT2D eigenvalue weighted by atomic mass is 10.1. The molecule has 442 valence electrons. The highest BCUT2D eigenvalue weighted by molar-refractivity contribution is 7.47. The lowest BCUT2D eigenvalue weighted by molar-refractivity contribution is -0.161. The van der Waals surface area contributed by atoms with Crippen LogP contribution in [0.4, 0.5) is 0 Å². The lowest BCUT2D eigenvalue weighted by Gasteiger charge is -2.21. The highest BCUT2D eigenvalue weighted by Gasteiger charge is 2.29. The predicted octanol–water partition coefficient (Wildman–Crippen LogP) is 15.0. The summed E-state index contributed by atoms with van der Waals surface area (Å²) in [5, 5.41) is 20.4. The Labute approximate surface area is 454 Å². The van der Waals surface area contributed by atoms with Gasteiger partial charge in [0.05, 0.1) is 26.4 Å². The summed E-state index contributed by atoms with van der Waals surface area (Å²) in [6.45, 7) is 2.62. The van der Waals surface area contributed by atoms with E-state index in [1.807, 2.05) is 0 Å².